The van der Waals surface area contributed by atoms with Crippen molar-refractivity contribution in [1.82, 2.24) is 10.6 Å². The highest BCUT2D eigenvalue weighted by molar-refractivity contribution is 5.80. The van der Waals surface area contributed by atoms with Crippen LogP contribution in [0.4, 0.5) is 0 Å². The Bertz CT molecular complexity index is 379. The summed E-state index contributed by atoms with van der Waals surface area (Å²) in [6, 6.07) is -0.0999. The molecular weight excluding hydrogens is 340 g/mol. The summed E-state index contributed by atoms with van der Waals surface area (Å²) in [6.07, 6.45) is 2.83. The molecule has 0 aromatic heterocycles. The number of ketones is 1. The van der Waals surface area contributed by atoms with Crippen LogP contribution in [0, 0.1) is 0 Å². The van der Waals surface area contributed by atoms with E-state index >= 15 is 0 Å². The highest BCUT2D eigenvalue weighted by atomic mass is 16.5. The lowest BCUT2D eigenvalue weighted by Gasteiger charge is -2.10. The van der Waals surface area contributed by atoms with E-state index < -0.39 is 0 Å². The van der Waals surface area contributed by atoms with Crippen LogP contribution < -0.4 is 10.6 Å². The number of hydrogen-bond acceptors (Lipinski definition) is 7. The molecule has 0 aliphatic rings. The summed E-state index contributed by atoms with van der Waals surface area (Å²) in [6.45, 7) is 7.99. The van der Waals surface area contributed by atoms with Crippen LogP contribution in [0.2, 0.25) is 0 Å². The number of amides is 1. The van der Waals surface area contributed by atoms with Crippen LogP contribution in [0.25, 0.3) is 0 Å². The second-order valence-electron chi connectivity index (χ2n) is 5.89. The molecule has 0 heterocycles. The second kappa shape index (κ2) is 18.4. The number of nitrogens with one attached hydrogen (secondary N) is 2. The van der Waals surface area contributed by atoms with Gasteiger partial charge in [0, 0.05) is 32.6 Å². The molecule has 0 aliphatic carbocycles. The Labute approximate surface area is 156 Å². The molecule has 0 saturated carbocycles. The predicted octanol–water partition coefficient (Wildman–Crippen LogP) is 0.479. The Hall–Kier alpha value is -1.35. The van der Waals surface area contributed by atoms with Gasteiger partial charge in [-0.3, -0.25) is 9.59 Å². The van der Waals surface area contributed by atoms with E-state index in [-0.39, 0.29) is 30.6 Å². The number of rotatable bonds is 19. The Morgan fingerprint density at radius 2 is 1.46 bits per heavy atom. The molecule has 8 nitrogen and oxygen atoms in total. The molecule has 0 bridgehead atoms. The quantitative estimate of drug-likeness (QED) is 0.250. The minimum Gasteiger partial charge on any atom is -0.379 e. The molecule has 0 spiro atoms. The number of carbonyl (C=O) groups is 3. The molecule has 0 aromatic carbocycles. The van der Waals surface area contributed by atoms with Crippen molar-refractivity contribution in [2.45, 2.75) is 45.6 Å². The highest BCUT2D eigenvalue weighted by Gasteiger charge is 2.04. The fourth-order valence-corrected chi connectivity index (χ4v) is 1.86. The van der Waals surface area contributed by atoms with E-state index in [0.29, 0.717) is 46.2 Å². The maximum Gasteiger partial charge on any atom is 0.220 e. The van der Waals surface area contributed by atoms with Gasteiger partial charge >= 0.3 is 0 Å². The number of Topliss-reactive ketones (excluding diaryl/α,β-unsaturated/α-hetero) is 1. The van der Waals surface area contributed by atoms with Gasteiger partial charge < -0.3 is 29.6 Å². The maximum absolute atomic E-state index is 11.2. The molecule has 8 heteroatoms. The third-order valence-electron chi connectivity index (χ3n) is 3.55. The lowest BCUT2D eigenvalue weighted by Crippen LogP contribution is -2.33. The average Bonchev–Trinajstić information content (AvgIpc) is 2.62. The number of carbonyl (C=O) groups excluding carboxylic acids is 3. The van der Waals surface area contributed by atoms with Crippen LogP contribution in [0.15, 0.2) is 0 Å². The summed E-state index contributed by atoms with van der Waals surface area (Å²) in [5.74, 6) is 0.0328. The molecule has 26 heavy (non-hydrogen) atoms. The standard InChI is InChI=1S/C18H34N2O6/c1-16(17(2)22)19-7-4-10-24-12-14-26-15-13-25-11-5-8-20-18(23)6-3-9-21/h9,16,19H,3-8,10-15H2,1-2H3,(H,20,23). The summed E-state index contributed by atoms with van der Waals surface area (Å²) in [5, 5.41) is 5.84. The third-order valence-corrected chi connectivity index (χ3v) is 3.55. The van der Waals surface area contributed by atoms with Crippen molar-refractivity contribution in [2.24, 2.45) is 0 Å². The topological polar surface area (TPSA) is 103 Å². The van der Waals surface area contributed by atoms with Gasteiger partial charge in [0.05, 0.1) is 32.5 Å². The fourth-order valence-electron chi connectivity index (χ4n) is 1.86. The van der Waals surface area contributed by atoms with Crippen molar-refractivity contribution in [3.05, 3.63) is 0 Å². The smallest absolute Gasteiger partial charge is 0.220 e. The van der Waals surface area contributed by atoms with Crippen LogP contribution in [0.5, 0.6) is 0 Å². The van der Waals surface area contributed by atoms with Crippen molar-refractivity contribution >= 4 is 18.0 Å². The first-order valence-corrected chi connectivity index (χ1v) is 9.25. The first-order valence-electron chi connectivity index (χ1n) is 9.25. The molecule has 1 amide bonds. The monoisotopic (exact) mass is 374 g/mol. The first kappa shape index (κ1) is 24.7. The van der Waals surface area contributed by atoms with E-state index in [4.69, 9.17) is 14.2 Å². The van der Waals surface area contributed by atoms with Gasteiger partial charge in [0.2, 0.25) is 5.91 Å². The van der Waals surface area contributed by atoms with Crippen LogP contribution in [0.3, 0.4) is 0 Å². The van der Waals surface area contributed by atoms with E-state index in [1.807, 2.05) is 6.92 Å². The Morgan fingerprint density at radius 1 is 0.923 bits per heavy atom. The zero-order valence-electron chi connectivity index (χ0n) is 16.1. The minimum atomic E-state index is -0.107. The Balaban J connectivity index is 3.14. The van der Waals surface area contributed by atoms with Crippen molar-refractivity contribution in [3.8, 4) is 0 Å². The molecule has 0 rings (SSSR count). The van der Waals surface area contributed by atoms with Gasteiger partial charge in [0.1, 0.15) is 12.1 Å². The minimum absolute atomic E-state index is 0.0999. The summed E-state index contributed by atoms with van der Waals surface area (Å²) < 4.78 is 16.2. The molecule has 1 atom stereocenters. The van der Waals surface area contributed by atoms with Crippen molar-refractivity contribution in [1.29, 1.82) is 0 Å². The number of hydrogen-bond donors (Lipinski definition) is 2. The fraction of sp³-hybridized carbons (Fsp3) is 0.833. The molecule has 1 unspecified atom stereocenters. The molecule has 0 saturated heterocycles. The Kier molecular flexibility index (Phi) is 17.5. The SMILES string of the molecule is CC(=O)C(C)NCCCOCCOCCOCCCNC(=O)CCC=O. The summed E-state index contributed by atoms with van der Waals surface area (Å²) in [7, 11) is 0. The van der Waals surface area contributed by atoms with Gasteiger partial charge in [-0.15, -0.1) is 0 Å². The zero-order chi connectivity index (χ0) is 19.5. The van der Waals surface area contributed by atoms with Crippen LogP contribution in [0.1, 0.15) is 39.5 Å². The summed E-state index contributed by atoms with van der Waals surface area (Å²) in [4.78, 5) is 32.4. The molecule has 0 fully saturated rings. The number of aldehydes is 1. The molecule has 0 radical (unpaired) electrons. The summed E-state index contributed by atoms with van der Waals surface area (Å²) in [5.41, 5.74) is 0. The molecular formula is C18H34N2O6. The van der Waals surface area contributed by atoms with Gasteiger partial charge in [0.15, 0.2) is 0 Å². The number of ether oxygens (including phenoxy) is 3. The van der Waals surface area contributed by atoms with Gasteiger partial charge in [0.25, 0.3) is 0 Å². The first-order chi connectivity index (χ1) is 12.6. The lowest BCUT2D eigenvalue weighted by molar-refractivity contribution is -0.122. The van der Waals surface area contributed by atoms with Crippen molar-refractivity contribution < 1.29 is 28.6 Å². The van der Waals surface area contributed by atoms with Gasteiger partial charge in [-0.25, -0.2) is 0 Å². The van der Waals surface area contributed by atoms with Crippen molar-refractivity contribution in [2.75, 3.05) is 52.7 Å². The second-order valence-corrected chi connectivity index (χ2v) is 5.89. The Morgan fingerprint density at radius 3 is 2.00 bits per heavy atom. The van der Waals surface area contributed by atoms with Gasteiger partial charge in [-0.2, -0.15) is 0 Å². The third kappa shape index (κ3) is 17.5. The van der Waals surface area contributed by atoms with E-state index in [0.717, 1.165) is 25.7 Å². The van der Waals surface area contributed by atoms with E-state index in [1.54, 1.807) is 6.92 Å². The molecule has 0 aromatic rings. The van der Waals surface area contributed by atoms with E-state index in [1.165, 1.54) is 0 Å². The van der Waals surface area contributed by atoms with Crippen molar-refractivity contribution in [3.63, 3.8) is 0 Å². The molecule has 0 aliphatic heterocycles. The molecule has 2 N–H and O–H groups in total. The normalized spacial score (nSPS) is 11.9. The van der Waals surface area contributed by atoms with Crippen LogP contribution in [-0.4, -0.2) is 76.7 Å². The highest BCUT2D eigenvalue weighted by Crippen LogP contribution is 1.88. The predicted molar refractivity (Wildman–Crippen MR) is 98.1 cm³/mol. The van der Waals surface area contributed by atoms with Gasteiger partial charge in [-0.05, 0) is 33.2 Å². The lowest BCUT2D eigenvalue weighted by atomic mass is 10.2. The molecule has 152 valence electrons. The maximum atomic E-state index is 11.2. The average molecular weight is 374 g/mol. The summed E-state index contributed by atoms with van der Waals surface area (Å²) >= 11 is 0. The van der Waals surface area contributed by atoms with Crippen LogP contribution >= 0.6 is 0 Å². The van der Waals surface area contributed by atoms with Crippen LogP contribution in [-0.2, 0) is 28.6 Å². The zero-order valence-corrected chi connectivity index (χ0v) is 16.1. The van der Waals surface area contributed by atoms with E-state index in [9.17, 15) is 14.4 Å². The largest absolute Gasteiger partial charge is 0.379 e. The van der Waals surface area contributed by atoms with E-state index in [2.05, 4.69) is 10.6 Å². The van der Waals surface area contributed by atoms with Gasteiger partial charge in [-0.1, -0.05) is 0 Å².